The SMILES string of the molecule is O=C(c1ccc(Cl)c(Cl)c1)c1ccc2c(c1)CCCN2. The molecule has 0 spiro atoms. The van der Waals surface area contributed by atoms with Crippen molar-refractivity contribution < 1.29 is 4.79 Å². The van der Waals surface area contributed by atoms with Crippen LogP contribution in [0.15, 0.2) is 36.4 Å². The van der Waals surface area contributed by atoms with Crippen LogP contribution < -0.4 is 5.32 Å². The Labute approximate surface area is 127 Å². The maximum absolute atomic E-state index is 12.5. The molecular weight excluding hydrogens is 293 g/mol. The molecule has 20 heavy (non-hydrogen) atoms. The molecule has 0 unspecified atom stereocenters. The Morgan fingerprint density at radius 2 is 1.75 bits per heavy atom. The number of carbonyl (C=O) groups is 1. The average molecular weight is 306 g/mol. The zero-order chi connectivity index (χ0) is 14.1. The van der Waals surface area contributed by atoms with Crippen molar-refractivity contribution in [3.8, 4) is 0 Å². The quantitative estimate of drug-likeness (QED) is 0.823. The van der Waals surface area contributed by atoms with Crippen LogP contribution in [0.1, 0.15) is 27.9 Å². The Balaban J connectivity index is 1.95. The van der Waals surface area contributed by atoms with Crippen molar-refractivity contribution in [2.24, 2.45) is 0 Å². The van der Waals surface area contributed by atoms with E-state index in [0.29, 0.717) is 21.2 Å². The summed E-state index contributed by atoms with van der Waals surface area (Å²) >= 11 is 11.8. The Morgan fingerprint density at radius 1 is 1.00 bits per heavy atom. The molecule has 1 aliphatic rings. The number of fused-ring (bicyclic) bond motifs is 1. The van der Waals surface area contributed by atoms with Gasteiger partial charge in [-0.3, -0.25) is 4.79 Å². The van der Waals surface area contributed by atoms with Gasteiger partial charge in [0.2, 0.25) is 0 Å². The summed E-state index contributed by atoms with van der Waals surface area (Å²) in [5, 5.41) is 4.19. The Hall–Kier alpha value is -1.51. The monoisotopic (exact) mass is 305 g/mol. The fourth-order valence-electron chi connectivity index (χ4n) is 2.42. The van der Waals surface area contributed by atoms with Crippen molar-refractivity contribution >= 4 is 34.7 Å². The number of carbonyl (C=O) groups excluding carboxylic acids is 1. The first-order chi connectivity index (χ1) is 9.65. The van der Waals surface area contributed by atoms with Gasteiger partial charge in [-0.15, -0.1) is 0 Å². The van der Waals surface area contributed by atoms with Gasteiger partial charge in [-0.25, -0.2) is 0 Å². The lowest BCUT2D eigenvalue weighted by Crippen LogP contribution is -2.12. The third-order valence-electron chi connectivity index (χ3n) is 3.49. The second-order valence-corrected chi connectivity index (χ2v) is 5.67. The standard InChI is InChI=1S/C16H13Cl2NO/c17-13-5-3-12(9-14(13)18)16(20)11-4-6-15-10(8-11)2-1-7-19-15/h3-6,8-9,19H,1-2,7H2. The molecule has 0 aromatic heterocycles. The lowest BCUT2D eigenvalue weighted by atomic mass is 9.96. The molecule has 0 atom stereocenters. The molecule has 2 aromatic rings. The summed E-state index contributed by atoms with van der Waals surface area (Å²) in [6.07, 6.45) is 2.10. The maximum Gasteiger partial charge on any atom is 0.193 e. The van der Waals surface area contributed by atoms with Gasteiger partial charge in [0.15, 0.2) is 5.78 Å². The summed E-state index contributed by atoms with van der Waals surface area (Å²) in [5.74, 6) is -0.0306. The van der Waals surface area contributed by atoms with E-state index in [9.17, 15) is 4.79 Å². The van der Waals surface area contributed by atoms with E-state index in [4.69, 9.17) is 23.2 Å². The number of anilines is 1. The van der Waals surface area contributed by atoms with Gasteiger partial charge in [-0.1, -0.05) is 23.2 Å². The van der Waals surface area contributed by atoms with Gasteiger partial charge >= 0.3 is 0 Å². The van der Waals surface area contributed by atoms with Gasteiger partial charge < -0.3 is 5.32 Å². The van der Waals surface area contributed by atoms with Crippen LogP contribution in [-0.2, 0) is 6.42 Å². The van der Waals surface area contributed by atoms with Gasteiger partial charge in [-0.2, -0.15) is 0 Å². The molecule has 0 saturated heterocycles. The highest BCUT2D eigenvalue weighted by atomic mass is 35.5. The first kappa shape index (κ1) is 13.5. The largest absolute Gasteiger partial charge is 0.385 e. The normalized spacial score (nSPS) is 13.5. The summed E-state index contributed by atoms with van der Waals surface area (Å²) in [7, 11) is 0. The van der Waals surface area contributed by atoms with E-state index in [2.05, 4.69) is 5.32 Å². The molecule has 0 aliphatic carbocycles. The van der Waals surface area contributed by atoms with Gasteiger partial charge in [0, 0.05) is 23.4 Å². The van der Waals surface area contributed by atoms with Crippen LogP contribution in [0.4, 0.5) is 5.69 Å². The zero-order valence-electron chi connectivity index (χ0n) is 10.7. The summed E-state index contributed by atoms with van der Waals surface area (Å²) in [4.78, 5) is 12.5. The minimum Gasteiger partial charge on any atom is -0.385 e. The molecule has 0 fully saturated rings. The Morgan fingerprint density at radius 3 is 2.55 bits per heavy atom. The topological polar surface area (TPSA) is 29.1 Å². The number of halogens is 2. The van der Waals surface area contributed by atoms with E-state index in [1.54, 1.807) is 18.2 Å². The highest BCUT2D eigenvalue weighted by molar-refractivity contribution is 6.42. The first-order valence-electron chi connectivity index (χ1n) is 6.52. The molecule has 1 heterocycles. The fourth-order valence-corrected chi connectivity index (χ4v) is 2.72. The van der Waals surface area contributed by atoms with Crippen molar-refractivity contribution in [3.05, 3.63) is 63.1 Å². The van der Waals surface area contributed by atoms with Crippen molar-refractivity contribution in [2.45, 2.75) is 12.8 Å². The first-order valence-corrected chi connectivity index (χ1v) is 7.27. The molecule has 102 valence electrons. The van der Waals surface area contributed by atoms with E-state index >= 15 is 0 Å². The van der Waals surface area contributed by atoms with E-state index in [1.165, 1.54) is 5.56 Å². The average Bonchev–Trinajstić information content (AvgIpc) is 2.49. The second-order valence-electron chi connectivity index (χ2n) is 4.86. The van der Waals surface area contributed by atoms with Gasteiger partial charge in [0.25, 0.3) is 0 Å². The number of rotatable bonds is 2. The molecule has 4 heteroatoms. The van der Waals surface area contributed by atoms with E-state index in [-0.39, 0.29) is 5.78 Å². The molecule has 1 aliphatic heterocycles. The number of ketones is 1. The predicted octanol–water partition coefficient (Wildman–Crippen LogP) is 4.58. The summed E-state index contributed by atoms with van der Waals surface area (Å²) in [5.41, 5.74) is 3.57. The third kappa shape index (κ3) is 2.54. The molecule has 3 rings (SSSR count). The number of nitrogens with one attached hydrogen (secondary N) is 1. The Bertz CT molecular complexity index is 682. The van der Waals surface area contributed by atoms with Crippen LogP contribution in [0, 0.1) is 0 Å². The number of aryl methyl sites for hydroxylation is 1. The van der Waals surface area contributed by atoms with Crippen LogP contribution >= 0.6 is 23.2 Å². The van der Waals surface area contributed by atoms with Gasteiger partial charge in [-0.05, 0) is 54.8 Å². The van der Waals surface area contributed by atoms with Crippen LogP contribution in [0.2, 0.25) is 10.0 Å². The molecule has 0 bridgehead atoms. The molecule has 0 amide bonds. The smallest absolute Gasteiger partial charge is 0.193 e. The highest BCUT2D eigenvalue weighted by Crippen LogP contribution is 2.26. The molecule has 1 N–H and O–H groups in total. The second kappa shape index (κ2) is 5.47. The number of hydrogen-bond donors (Lipinski definition) is 1. The van der Waals surface area contributed by atoms with E-state index < -0.39 is 0 Å². The lowest BCUT2D eigenvalue weighted by molar-refractivity contribution is 0.103. The zero-order valence-corrected chi connectivity index (χ0v) is 12.3. The van der Waals surface area contributed by atoms with E-state index in [1.807, 2.05) is 18.2 Å². The van der Waals surface area contributed by atoms with Crippen LogP contribution in [0.5, 0.6) is 0 Å². The molecular formula is C16H13Cl2NO. The summed E-state index contributed by atoms with van der Waals surface area (Å²) in [6, 6.07) is 10.8. The van der Waals surface area contributed by atoms with Crippen molar-refractivity contribution in [1.82, 2.24) is 0 Å². The fraction of sp³-hybridized carbons (Fsp3) is 0.188. The molecule has 2 aromatic carbocycles. The highest BCUT2D eigenvalue weighted by Gasteiger charge is 2.14. The van der Waals surface area contributed by atoms with E-state index in [0.717, 1.165) is 25.1 Å². The van der Waals surface area contributed by atoms with Crippen LogP contribution in [0.3, 0.4) is 0 Å². The third-order valence-corrected chi connectivity index (χ3v) is 4.23. The number of benzene rings is 2. The van der Waals surface area contributed by atoms with Gasteiger partial charge in [0.1, 0.15) is 0 Å². The molecule has 0 saturated carbocycles. The van der Waals surface area contributed by atoms with Crippen molar-refractivity contribution in [3.63, 3.8) is 0 Å². The van der Waals surface area contributed by atoms with Crippen LogP contribution in [-0.4, -0.2) is 12.3 Å². The predicted molar refractivity (Wildman–Crippen MR) is 83.1 cm³/mol. The minimum atomic E-state index is -0.0306. The van der Waals surface area contributed by atoms with Crippen molar-refractivity contribution in [1.29, 1.82) is 0 Å². The number of hydrogen-bond acceptors (Lipinski definition) is 2. The summed E-state index contributed by atoms with van der Waals surface area (Å²) < 4.78 is 0. The molecule has 0 radical (unpaired) electrons. The Kier molecular flexibility index (Phi) is 3.68. The lowest BCUT2D eigenvalue weighted by Gasteiger charge is -2.18. The molecule has 2 nitrogen and oxygen atoms in total. The van der Waals surface area contributed by atoms with Crippen LogP contribution in [0.25, 0.3) is 0 Å². The summed E-state index contributed by atoms with van der Waals surface area (Å²) in [6.45, 7) is 0.993. The van der Waals surface area contributed by atoms with Gasteiger partial charge in [0.05, 0.1) is 10.0 Å². The van der Waals surface area contributed by atoms with Crippen molar-refractivity contribution in [2.75, 3.05) is 11.9 Å². The maximum atomic E-state index is 12.5. The minimum absolute atomic E-state index is 0.0306.